The summed E-state index contributed by atoms with van der Waals surface area (Å²) in [6, 6.07) is 21.9. The molecular formula is C22H21ClN2O2. The molecule has 0 saturated carbocycles. The molecule has 0 fully saturated rings. The topological polar surface area (TPSA) is 50.4 Å². The summed E-state index contributed by atoms with van der Waals surface area (Å²) >= 11 is 5.96. The fourth-order valence-corrected chi connectivity index (χ4v) is 2.91. The standard InChI is InChI=1S/C22H21ClN2O2/c1-15-8-13-20(27-2)19(14-15)25-22(26)21(16-6-4-3-5-7-16)24-18-11-9-17(23)10-12-18/h3-14,21,24H,1-2H3,(H,25,26)/t21-/m0/s1. The Balaban J connectivity index is 1.89. The Kier molecular flexibility index (Phi) is 5.99. The van der Waals surface area contributed by atoms with E-state index in [1.807, 2.05) is 67.6 Å². The zero-order valence-corrected chi connectivity index (χ0v) is 16.0. The Bertz CT molecular complexity index is 911. The third kappa shape index (κ3) is 4.80. The van der Waals surface area contributed by atoms with Gasteiger partial charge in [0.05, 0.1) is 12.8 Å². The first-order valence-corrected chi connectivity index (χ1v) is 8.97. The van der Waals surface area contributed by atoms with E-state index in [1.54, 1.807) is 19.2 Å². The molecule has 0 aliphatic carbocycles. The SMILES string of the molecule is COc1ccc(C)cc1NC(=O)[C@@H](Nc1ccc(Cl)cc1)c1ccccc1. The van der Waals surface area contributed by atoms with E-state index in [-0.39, 0.29) is 5.91 Å². The number of carbonyl (C=O) groups excluding carboxylic acids is 1. The molecule has 0 heterocycles. The fraction of sp³-hybridized carbons (Fsp3) is 0.136. The van der Waals surface area contributed by atoms with Gasteiger partial charge in [0.1, 0.15) is 11.8 Å². The van der Waals surface area contributed by atoms with Gasteiger partial charge in [-0.25, -0.2) is 0 Å². The largest absolute Gasteiger partial charge is 0.495 e. The van der Waals surface area contributed by atoms with Crippen LogP contribution in [-0.2, 0) is 4.79 Å². The quantitative estimate of drug-likeness (QED) is 0.597. The summed E-state index contributed by atoms with van der Waals surface area (Å²) in [6.07, 6.45) is 0. The highest BCUT2D eigenvalue weighted by Gasteiger charge is 2.21. The van der Waals surface area contributed by atoms with Gasteiger partial charge in [0.2, 0.25) is 0 Å². The number of benzene rings is 3. The van der Waals surface area contributed by atoms with E-state index >= 15 is 0 Å². The number of carbonyl (C=O) groups is 1. The zero-order chi connectivity index (χ0) is 19.2. The number of nitrogens with one attached hydrogen (secondary N) is 2. The lowest BCUT2D eigenvalue weighted by molar-refractivity contribution is -0.117. The summed E-state index contributed by atoms with van der Waals surface area (Å²) in [4.78, 5) is 13.1. The number of methoxy groups -OCH3 is 1. The van der Waals surface area contributed by atoms with Gasteiger partial charge in [0, 0.05) is 10.7 Å². The molecular weight excluding hydrogens is 360 g/mol. The molecule has 2 N–H and O–H groups in total. The molecule has 27 heavy (non-hydrogen) atoms. The van der Waals surface area contributed by atoms with Crippen molar-refractivity contribution in [3.8, 4) is 5.75 Å². The van der Waals surface area contributed by atoms with Crippen LogP contribution in [-0.4, -0.2) is 13.0 Å². The summed E-state index contributed by atoms with van der Waals surface area (Å²) in [5.74, 6) is 0.437. The molecule has 0 aliphatic heterocycles. The molecule has 0 radical (unpaired) electrons. The number of amides is 1. The van der Waals surface area contributed by atoms with E-state index in [9.17, 15) is 4.79 Å². The number of anilines is 2. The van der Waals surface area contributed by atoms with Crippen LogP contribution in [0.2, 0.25) is 5.02 Å². The number of hydrogen-bond donors (Lipinski definition) is 2. The summed E-state index contributed by atoms with van der Waals surface area (Å²) in [5.41, 5.74) is 3.34. The summed E-state index contributed by atoms with van der Waals surface area (Å²) in [6.45, 7) is 1.97. The van der Waals surface area contributed by atoms with Gasteiger partial charge in [0.25, 0.3) is 5.91 Å². The number of ether oxygens (including phenoxy) is 1. The Labute approximate surface area is 164 Å². The molecule has 3 rings (SSSR count). The monoisotopic (exact) mass is 380 g/mol. The lowest BCUT2D eigenvalue weighted by atomic mass is 10.1. The summed E-state index contributed by atoms with van der Waals surface area (Å²) in [5, 5.41) is 6.91. The van der Waals surface area contributed by atoms with Crippen molar-refractivity contribution >= 4 is 28.9 Å². The number of aryl methyl sites for hydroxylation is 1. The van der Waals surface area contributed by atoms with Gasteiger partial charge in [-0.05, 0) is 54.4 Å². The molecule has 4 nitrogen and oxygen atoms in total. The molecule has 3 aromatic rings. The average Bonchev–Trinajstić information content (AvgIpc) is 2.68. The van der Waals surface area contributed by atoms with Crippen LogP contribution in [0.25, 0.3) is 0 Å². The van der Waals surface area contributed by atoms with Crippen LogP contribution in [0, 0.1) is 6.92 Å². The van der Waals surface area contributed by atoms with E-state index in [0.29, 0.717) is 16.5 Å². The van der Waals surface area contributed by atoms with Gasteiger partial charge in [0.15, 0.2) is 0 Å². The van der Waals surface area contributed by atoms with Crippen molar-refractivity contribution in [3.63, 3.8) is 0 Å². The molecule has 0 saturated heterocycles. The van der Waals surface area contributed by atoms with Crippen LogP contribution in [0.1, 0.15) is 17.2 Å². The van der Waals surface area contributed by atoms with Crippen molar-refractivity contribution in [2.45, 2.75) is 13.0 Å². The van der Waals surface area contributed by atoms with E-state index in [1.165, 1.54) is 0 Å². The lowest BCUT2D eigenvalue weighted by Gasteiger charge is -2.21. The minimum Gasteiger partial charge on any atom is -0.495 e. The van der Waals surface area contributed by atoms with Crippen molar-refractivity contribution in [1.82, 2.24) is 0 Å². The second-order valence-electron chi connectivity index (χ2n) is 6.19. The van der Waals surface area contributed by atoms with E-state index in [0.717, 1.165) is 16.8 Å². The molecule has 0 bridgehead atoms. The highest BCUT2D eigenvalue weighted by atomic mass is 35.5. The third-order valence-corrected chi connectivity index (χ3v) is 4.42. The van der Waals surface area contributed by atoms with Gasteiger partial charge >= 0.3 is 0 Å². The molecule has 0 aromatic heterocycles. The van der Waals surface area contributed by atoms with Gasteiger partial charge in [-0.2, -0.15) is 0 Å². The molecule has 1 amide bonds. The minimum atomic E-state index is -0.572. The number of rotatable bonds is 6. The van der Waals surface area contributed by atoms with E-state index < -0.39 is 6.04 Å². The Morgan fingerprint density at radius 1 is 1.00 bits per heavy atom. The van der Waals surface area contributed by atoms with Gasteiger partial charge < -0.3 is 15.4 Å². The van der Waals surface area contributed by atoms with Crippen molar-refractivity contribution in [1.29, 1.82) is 0 Å². The van der Waals surface area contributed by atoms with Gasteiger partial charge in [-0.1, -0.05) is 48.0 Å². The fourth-order valence-electron chi connectivity index (χ4n) is 2.78. The summed E-state index contributed by atoms with van der Waals surface area (Å²) in [7, 11) is 1.58. The van der Waals surface area contributed by atoms with Crippen molar-refractivity contribution < 1.29 is 9.53 Å². The van der Waals surface area contributed by atoms with Crippen molar-refractivity contribution in [2.75, 3.05) is 17.7 Å². The lowest BCUT2D eigenvalue weighted by Crippen LogP contribution is -2.27. The molecule has 5 heteroatoms. The molecule has 1 atom stereocenters. The second-order valence-corrected chi connectivity index (χ2v) is 6.62. The molecule has 0 unspecified atom stereocenters. The maximum absolute atomic E-state index is 13.1. The highest BCUT2D eigenvalue weighted by molar-refractivity contribution is 6.30. The predicted octanol–water partition coefficient (Wildman–Crippen LogP) is 5.45. The van der Waals surface area contributed by atoms with Crippen LogP contribution in [0.5, 0.6) is 5.75 Å². The van der Waals surface area contributed by atoms with Crippen LogP contribution in [0.3, 0.4) is 0 Å². The van der Waals surface area contributed by atoms with E-state index in [4.69, 9.17) is 16.3 Å². The number of hydrogen-bond acceptors (Lipinski definition) is 3. The van der Waals surface area contributed by atoms with Crippen molar-refractivity contribution in [2.24, 2.45) is 0 Å². The minimum absolute atomic E-state index is 0.181. The van der Waals surface area contributed by atoms with Crippen LogP contribution in [0.4, 0.5) is 11.4 Å². The number of halogens is 1. The van der Waals surface area contributed by atoms with Crippen LogP contribution < -0.4 is 15.4 Å². The first-order valence-electron chi connectivity index (χ1n) is 8.59. The van der Waals surface area contributed by atoms with Crippen LogP contribution >= 0.6 is 11.6 Å². The first-order chi connectivity index (χ1) is 13.1. The summed E-state index contributed by atoms with van der Waals surface area (Å²) < 4.78 is 5.37. The molecule has 138 valence electrons. The Morgan fingerprint density at radius 2 is 1.70 bits per heavy atom. The second kappa shape index (κ2) is 8.60. The van der Waals surface area contributed by atoms with E-state index in [2.05, 4.69) is 10.6 Å². The maximum Gasteiger partial charge on any atom is 0.251 e. The normalized spacial score (nSPS) is 11.5. The van der Waals surface area contributed by atoms with Crippen LogP contribution in [0.15, 0.2) is 72.8 Å². The smallest absolute Gasteiger partial charge is 0.251 e. The molecule has 0 spiro atoms. The Hall–Kier alpha value is -2.98. The highest BCUT2D eigenvalue weighted by Crippen LogP contribution is 2.28. The zero-order valence-electron chi connectivity index (χ0n) is 15.2. The van der Waals surface area contributed by atoms with Gasteiger partial charge in [-0.15, -0.1) is 0 Å². The van der Waals surface area contributed by atoms with Crippen molar-refractivity contribution in [3.05, 3.63) is 88.9 Å². The average molecular weight is 381 g/mol. The first kappa shape index (κ1) is 18.8. The van der Waals surface area contributed by atoms with Gasteiger partial charge in [-0.3, -0.25) is 4.79 Å². The molecule has 3 aromatic carbocycles. The predicted molar refractivity (Wildman–Crippen MR) is 111 cm³/mol. The molecule has 0 aliphatic rings. The Morgan fingerprint density at radius 3 is 2.37 bits per heavy atom. The maximum atomic E-state index is 13.1. The third-order valence-electron chi connectivity index (χ3n) is 4.16.